The van der Waals surface area contributed by atoms with Gasteiger partial charge in [0.2, 0.25) is 0 Å². The summed E-state index contributed by atoms with van der Waals surface area (Å²) in [6.45, 7) is 3.15. The standard InChI is InChI=1S/C5H8BrF2N/c1-4(9(2)3)5(6,7)8/h1H2,2-3H3. The third-order valence-electron chi connectivity index (χ3n) is 0.867. The maximum Gasteiger partial charge on any atom is 0.340 e. The van der Waals surface area contributed by atoms with E-state index in [1.54, 1.807) is 0 Å². The summed E-state index contributed by atoms with van der Waals surface area (Å²) in [7, 11) is 3.02. The van der Waals surface area contributed by atoms with E-state index in [1.165, 1.54) is 19.0 Å². The molecule has 0 atom stereocenters. The summed E-state index contributed by atoms with van der Waals surface area (Å²) in [5.74, 6) is 0. The molecule has 9 heavy (non-hydrogen) atoms. The van der Waals surface area contributed by atoms with Gasteiger partial charge >= 0.3 is 4.83 Å². The fourth-order valence-corrected chi connectivity index (χ4v) is 0.608. The molecule has 0 aromatic heterocycles. The van der Waals surface area contributed by atoms with Crippen molar-refractivity contribution in [1.29, 1.82) is 0 Å². The summed E-state index contributed by atoms with van der Waals surface area (Å²) in [6, 6.07) is 0. The molecule has 0 amide bonds. The quantitative estimate of drug-likeness (QED) is 0.616. The Labute approximate surface area is 61.5 Å². The van der Waals surface area contributed by atoms with Crippen LogP contribution in [-0.2, 0) is 0 Å². The van der Waals surface area contributed by atoms with Crippen LogP contribution in [0.5, 0.6) is 0 Å². The predicted molar refractivity (Wildman–Crippen MR) is 36.7 cm³/mol. The molecule has 54 valence electrons. The van der Waals surface area contributed by atoms with Crippen LogP contribution >= 0.6 is 15.9 Å². The van der Waals surface area contributed by atoms with Crippen molar-refractivity contribution in [2.75, 3.05) is 14.1 Å². The number of hydrogen-bond donors (Lipinski definition) is 0. The average molecular weight is 200 g/mol. The zero-order valence-electron chi connectivity index (χ0n) is 5.29. The second-order valence-electron chi connectivity index (χ2n) is 1.84. The number of halogens is 3. The van der Waals surface area contributed by atoms with Gasteiger partial charge in [-0.1, -0.05) is 6.58 Å². The van der Waals surface area contributed by atoms with E-state index < -0.39 is 4.83 Å². The second-order valence-corrected chi connectivity index (χ2v) is 2.83. The lowest BCUT2D eigenvalue weighted by Gasteiger charge is -2.19. The van der Waals surface area contributed by atoms with Crippen molar-refractivity contribution in [3.8, 4) is 0 Å². The Kier molecular flexibility index (Phi) is 2.61. The fourth-order valence-electron chi connectivity index (χ4n) is 0.254. The van der Waals surface area contributed by atoms with Crippen LogP contribution in [0.3, 0.4) is 0 Å². The normalized spacial score (nSPS) is 11.2. The molecule has 0 heterocycles. The molecule has 0 aliphatic carbocycles. The van der Waals surface area contributed by atoms with Crippen molar-refractivity contribution < 1.29 is 8.78 Å². The van der Waals surface area contributed by atoms with Crippen molar-refractivity contribution in [2.45, 2.75) is 4.83 Å². The lowest BCUT2D eigenvalue weighted by molar-refractivity contribution is 0.127. The van der Waals surface area contributed by atoms with Gasteiger partial charge in [0.05, 0.1) is 5.70 Å². The number of rotatable bonds is 2. The summed E-state index contributed by atoms with van der Waals surface area (Å²) in [5.41, 5.74) is -0.248. The Morgan fingerprint density at radius 3 is 1.89 bits per heavy atom. The minimum atomic E-state index is -2.98. The molecule has 0 aromatic carbocycles. The van der Waals surface area contributed by atoms with Crippen LogP contribution in [0.4, 0.5) is 8.78 Å². The predicted octanol–water partition coefficient (Wildman–Crippen LogP) is 2.05. The summed E-state index contributed by atoms with van der Waals surface area (Å²) in [5, 5.41) is 0. The van der Waals surface area contributed by atoms with Crippen molar-refractivity contribution in [2.24, 2.45) is 0 Å². The molecule has 0 N–H and O–H groups in total. The van der Waals surface area contributed by atoms with Crippen LogP contribution < -0.4 is 0 Å². The zero-order valence-corrected chi connectivity index (χ0v) is 6.87. The van der Waals surface area contributed by atoms with E-state index >= 15 is 0 Å². The molecule has 0 fully saturated rings. The number of hydrogen-bond acceptors (Lipinski definition) is 1. The van der Waals surface area contributed by atoms with Gasteiger partial charge in [-0.2, -0.15) is 8.78 Å². The lowest BCUT2D eigenvalue weighted by atomic mass is 10.5. The molecule has 0 unspecified atom stereocenters. The first kappa shape index (κ1) is 8.88. The maximum absolute atomic E-state index is 12.1. The summed E-state index contributed by atoms with van der Waals surface area (Å²) >= 11 is 2.17. The van der Waals surface area contributed by atoms with Gasteiger partial charge in [0.25, 0.3) is 0 Å². The molecule has 0 saturated carbocycles. The molecule has 0 aliphatic heterocycles. The first-order valence-electron chi connectivity index (χ1n) is 2.29. The molecule has 0 saturated heterocycles. The first-order valence-corrected chi connectivity index (χ1v) is 3.08. The van der Waals surface area contributed by atoms with E-state index in [0.717, 1.165) is 0 Å². The van der Waals surface area contributed by atoms with Gasteiger partial charge < -0.3 is 4.90 Å². The van der Waals surface area contributed by atoms with Crippen molar-refractivity contribution >= 4 is 15.9 Å². The SMILES string of the molecule is C=C(N(C)C)C(F)(F)Br. The Balaban J connectivity index is 4.06. The van der Waals surface area contributed by atoms with Crippen molar-refractivity contribution in [1.82, 2.24) is 4.90 Å². The van der Waals surface area contributed by atoms with Crippen LogP contribution in [0.2, 0.25) is 0 Å². The molecule has 4 heteroatoms. The van der Waals surface area contributed by atoms with E-state index in [1.807, 2.05) is 0 Å². The Morgan fingerprint density at radius 1 is 1.56 bits per heavy atom. The van der Waals surface area contributed by atoms with Crippen LogP contribution in [0.1, 0.15) is 0 Å². The zero-order chi connectivity index (χ0) is 7.65. The molecule has 0 radical (unpaired) electrons. The van der Waals surface area contributed by atoms with Crippen LogP contribution in [0.25, 0.3) is 0 Å². The van der Waals surface area contributed by atoms with E-state index in [-0.39, 0.29) is 5.70 Å². The highest BCUT2D eigenvalue weighted by Gasteiger charge is 2.29. The Morgan fingerprint density at radius 2 is 1.89 bits per heavy atom. The van der Waals surface area contributed by atoms with Gasteiger partial charge in [0.1, 0.15) is 0 Å². The molecule has 0 rings (SSSR count). The van der Waals surface area contributed by atoms with Crippen LogP contribution in [0, 0.1) is 0 Å². The van der Waals surface area contributed by atoms with Gasteiger partial charge in [0.15, 0.2) is 0 Å². The van der Waals surface area contributed by atoms with Gasteiger partial charge in [-0.15, -0.1) is 0 Å². The van der Waals surface area contributed by atoms with E-state index in [4.69, 9.17) is 0 Å². The number of nitrogens with zero attached hydrogens (tertiary/aromatic N) is 1. The molecule has 0 spiro atoms. The van der Waals surface area contributed by atoms with Gasteiger partial charge in [-0.05, 0) is 15.9 Å². The number of allylic oxidation sites excluding steroid dienone is 1. The summed E-state index contributed by atoms with van der Waals surface area (Å²) < 4.78 is 24.3. The van der Waals surface area contributed by atoms with Crippen LogP contribution in [-0.4, -0.2) is 23.8 Å². The second kappa shape index (κ2) is 2.64. The highest BCUT2D eigenvalue weighted by molar-refractivity contribution is 9.10. The Bertz CT molecular complexity index is 117. The van der Waals surface area contributed by atoms with E-state index in [9.17, 15) is 8.78 Å². The minimum Gasteiger partial charge on any atom is -0.376 e. The fraction of sp³-hybridized carbons (Fsp3) is 0.600. The maximum atomic E-state index is 12.1. The highest BCUT2D eigenvalue weighted by Crippen LogP contribution is 2.30. The monoisotopic (exact) mass is 199 g/mol. The van der Waals surface area contributed by atoms with E-state index in [0.29, 0.717) is 0 Å². The lowest BCUT2D eigenvalue weighted by Crippen LogP contribution is -2.22. The minimum absolute atomic E-state index is 0.248. The van der Waals surface area contributed by atoms with Gasteiger partial charge in [-0.25, -0.2) is 0 Å². The molecular weight excluding hydrogens is 192 g/mol. The third kappa shape index (κ3) is 2.79. The Hall–Kier alpha value is -0.120. The van der Waals surface area contributed by atoms with E-state index in [2.05, 4.69) is 22.5 Å². The smallest absolute Gasteiger partial charge is 0.340 e. The molecule has 1 nitrogen and oxygen atoms in total. The molecular formula is C5H8BrF2N. The highest BCUT2D eigenvalue weighted by atomic mass is 79.9. The van der Waals surface area contributed by atoms with Crippen LogP contribution in [0.15, 0.2) is 12.3 Å². The molecule has 0 aliphatic rings. The topological polar surface area (TPSA) is 3.24 Å². The van der Waals surface area contributed by atoms with Gasteiger partial charge in [-0.3, -0.25) is 0 Å². The molecule has 0 aromatic rings. The number of alkyl halides is 3. The average Bonchev–Trinajstić information content (AvgIpc) is 1.62. The van der Waals surface area contributed by atoms with Crippen molar-refractivity contribution in [3.63, 3.8) is 0 Å². The third-order valence-corrected chi connectivity index (χ3v) is 1.32. The van der Waals surface area contributed by atoms with Gasteiger partial charge in [0, 0.05) is 14.1 Å². The van der Waals surface area contributed by atoms with Crippen molar-refractivity contribution in [3.05, 3.63) is 12.3 Å². The first-order chi connectivity index (χ1) is 3.85. The summed E-state index contributed by atoms with van der Waals surface area (Å²) in [4.78, 5) is -1.72. The summed E-state index contributed by atoms with van der Waals surface area (Å²) in [6.07, 6.45) is 0. The molecule has 0 bridgehead atoms. The largest absolute Gasteiger partial charge is 0.376 e.